The predicted octanol–water partition coefficient (Wildman–Crippen LogP) is 4.83. The number of hydrogen-bond acceptors (Lipinski definition) is 5. The molecule has 10 heteroatoms. The van der Waals surface area contributed by atoms with Crippen LogP contribution in [0.15, 0.2) is 47.6 Å². The van der Waals surface area contributed by atoms with Gasteiger partial charge in [-0.15, -0.1) is 0 Å². The van der Waals surface area contributed by atoms with E-state index in [2.05, 4.69) is 20.0 Å². The van der Waals surface area contributed by atoms with Crippen molar-refractivity contribution in [2.75, 3.05) is 10.0 Å². The lowest BCUT2D eigenvalue weighted by Crippen LogP contribution is -2.16. The number of carbonyl (C=O) groups is 1. The van der Waals surface area contributed by atoms with Gasteiger partial charge in [-0.05, 0) is 55.3 Å². The molecule has 1 aromatic carbocycles. The first kappa shape index (κ1) is 22.0. The number of benzene rings is 1. The highest BCUT2D eigenvalue weighted by molar-refractivity contribution is 7.92. The van der Waals surface area contributed by atoms with Crippen LogP contribution in [0, 0.1) is 13.8 Å². The number of anilines is 2. The third-order valence-corrected chi connectivity index (χ3v) is 6.39. The van der Waals surface area contributed by atoms with E-state index in [9.17, 15) is 13.2 Å². The second-order valence-corrected chi connectivity index (χ2v) is 9.04. The Hall–Kier alpha value is -2.68. The molecule has 156 valence electrons. The predicted molar refractivity (Wildman–Crippen MR) is 119 cm³/mol. The SMILES string of the molecule is CC(=O)Nc1cc(-c2cnc(C)c(NS(=O)(=O)c3ccc(Cl)cc3Cl)c2C)ccn1. The van der Waals surface area contributed by atoms with E-state index in [1.165, 1.54) is 25.1 Å². The van der Waals surface area contributed by atoms with Crippen LogP contribution >= 0.6 is 23.2 Å². The van der Waals surface area contributed by atoms with Crippen molar-refractivity contribution in [3.8, 4) is 11.1 Å². The van der Waals surface area contributed by atoms with Gasteiger partial charge in [-0.2, -0.15) is 0 Å². The van der Waals surface area contributed by atoms with Crippen molar-refractivity contribution in [1.82, 2.24) is 9.97 Å². The van der Waals surface area contributed by atoms with E-state index < -0.39 is 10.0 Å². The summed E-state index contributed by atoms with van der Waals surface area (Å²) < 4.78 is 28.5. The van der Waals surface area contributed by atoms with Crippen LogP contribution in [-0.4, -0.2) is 24.3 Å². The number of nitrogens with zero attached hydrogens (tertiary/aromatic N) is 2. The van der Waals surface area contributed by atoms with Crippen molar-refractivity contribution < 1.29 is 13.2 Å². The Balaban J connectivity index is 2.04. The van der Waals surface area contributed by atoms with Crippen molar-refractivity contribution in [1.29, 1.82) is 0 Å². The van der Waals surface area contributed by atoms with Crippen LogP contribution in [0.5, 0.6) is 0 Å². The first-order valence-electron chi connectivity index (χ1n) is 8.76. The molecule has 0 saturated carbocycles. The van der Waals surface area contributed by atoms with Gasteiger partial charge in [0.2, 0.25) is 5.91 Å². The van der Waals surface area contributed by atoms with Crippen molar-refractivity contribution in [3.05, 3.63) is 64.0 Å². The fourth-order valence-corrected chi connectivity index (χ4v) is 4.86. The van der Waals surface area contributed by atoms with Gasteiger partial charge in [0.15, 0.2) is 0 Å². The summed E-state index contributed by atoms with van der Waals surface area (Å²) in [6.07, 6.45) is 3.20. The zero-order valence-electron chi connectivity index (χ0n) is 16.3. The standard InChI is InChI=1S/C20H18Cl2N4O3S/c1-11-16(14-6-7-23-19(8-14)25-13(3)27)10-24-12(2)20(11)26-30(28,29)18-5-4-15(21)9-17(18)22/h4-10,26H,1-3H3,(H,23,25,27). The smallest absolute Gasteiger partial charge is 0.263 e. The van der Waals surface area contributed by atoms with E-state index in [-0.39, 0.29) is 15.8 Å². The number of nitrogens with one attached hydrogen (secondary N) is 2. The third kappa shape index (κ3) is 4.72. The number of amides is 1. The highest BCUT2D eigenvalue weighted by atomic mass is 35.5. The van der Waals surface area contributed by atoms with E-state index >= 15 is 0 Å². The molecule has 3 aromatic rings. The quantitative estimate of drug-likeness (QED) is 0.562. The van der Waals surface area contributed by atoms with Crippen molar-refractivity contribution in [2.24, 2.45) is 0 Å². The van der Waals surface area contributed by atoms with Crippen LogP contribution in [0.25, 0.3) is 11.1 Å². The molecule has 2 aromatic heterocycles. The molecule has 0 atom stereocenters. The van der Waals surface area contributed by atoms with E-state index in [4.69, 9.17) is 23.2 Å². The summed E-state index contributed by atoms with van der Waals surface area (Å²) in [4.78, 5) is 19.7. The number of sulfonamides is 1. The first-order valence-corrected chi connectivity index (χ1v) is 11.0. The Morgan fingerprint density at radius 2 is 1.80 bits per heavy atom. The number of halogens is 2. The number of aryl methyl sites for hydroxylation is 1. The van der Waals surface area contributed by atoms with Crippen LogP contribution < -0.4 is 10.0 Å². The van der Waals surface area contributed by atoms with Crippen LogP contribution in [-0.2, 0) is 14.8 Å². The molecule has 1 amide bonds. The number of pyridine rings is 2. The molecule has 0 bridgehead atoms. The fourth-order valence-electron chi connectivity index (χ4n) is 2.90. The van der Waals surface area contributed by atoms with Gasteiger partial charge in [0.25, 0.3) is 10.0 Å². The minimum atomic E-state index is -3.98. The zero-order valence-corrected chi connectivity index (χ0v) is 18.7. The molecule has 30 heavy (non-hydrogen) atoms. The van der Waals surface area contributed by atoms with Crippen LogP contribution in [0.3, 0.4) is 0 Å². The van der Waals surface area contributed by atoms with Crippen molar-refractivity contribution in [2.45, 2.75) is 25.7 Å². The Morgan fingerprint density at radius 1 is 1.07 bits per heavy atom. The average Bonchev–Trinajstić information content (AvgIpc) is 2.64. The molecular weight excluding hydrogens is 447 g/mol. The second kappa shape index (κ2) is 8.59. The summed E-state index contributed by atoms with van der Waals surface area (Å²) in [5.41, 5.74) is 2.92. The van der Waals surface area contributed by atoms with Crippen LogP contribution in [0.2, 0.25) is 10.0 Å². The monoisotopic (exact) mass is 464 g/mol. The van der Waals surface area contributed by atoms with Gasteiger partial charge in [-0.3, -0.25) is 14.5 Å². The van der Waals surface area contributed by atoms with Gasteiger partial charge >= 0.3 is 0 Å². The van der Waals surface area contributed by atoms with Crippen LogP contribution in [0.4, 0.5) is 11.5 Å². The molecule has 0 fully saturated rings. The lowest BCUT2D eigenvalue weighted by Gasteiger charge is -2.17. The third-order valence-electron chi connectivity index (χ3n) is 4.32. The molecule has 2 heterocycles. The first-order chi connectivity index (χ1) is 14.1. The average molecular weight is 465 g/mol. The molecule has 2 N–H and O–H groups in total. The lowest BCUT2D eigenvalue weighted by atomic mass is 10.0. The Morgan fingerprint density at radius 3 is 2.47 bits per heavy atom. The molecule has 0 radical (unpaired) electrons. The Bertz CT molecular complexity index is 1250. The van der Waals surface area contributed by atoms with E-state index in [1.54, 1.807) is 38.4 Å². The molecular formula is C20H18Cl2N4O3S. The van der Waals surface area contributed by atoms with Gasteiger partial charge in [0, 0.05) is 29.9 Å². The van der Waals surface area contributed by atoms with Gasteiger partial charge in [-0.25, -0.2) is 13.4 Å². The summed E-state index contributed by atoms with van der Waals surface area (Å²) in [5.74, 6) is 0.141. The van der Waals surface area contributed by atoms with Gasteiger partial charge in [0.1, 0.15) is 10.7 Å². The largest absolute Gasteiger partial charge is 0.311 e. The molecule has 0 spiro atoms. The Kier molecular flexibility index (Phi) is 6.30. The van der Waals surface area contributed by atoms with Gasteiger partial charge in [0.05, 0.1) is 16.4 Å². The molecule has 3 rings (SSSR count). The maximum atomic E-state index is 12.9. The van der Waals surface area contributed by atoms with Crippen LogP contribution in [0.1, 0.15) is 18.2 Å². The number of carbonyl (C=O) groups excluding carboxylic acids is 1. The molecule has 0 unspecified atom stereocenters. The highest BCUT2D eigenvalue weighted by Gasteiger charge is 2.22. The molecule has 0 saturated heterocycles. The second-order valence-electron chi connectivity index (χ2n) is 6.55. The summed E-state index contributed by atoms with van der Waals surface area (Å²) in [5, 5.41) is 2.98. The number of hydrogen-bond donors (Lipinski definition) is 2. The minimum Gasteiger partial charge on any atom is -0.311 e. The van der Waals surface area contributed by atoms with Crippen molar-refractivity contribution in [3.63, 3.8) is 0 Å². The van der Waals surface area contributed by atoms with E-state index in [0.29, 0.717) is 33.3 Å². The molecule has 0 aliphatic heterocycles. The zero-order chi connectivity index (χ0) is 22.1. The summed E-state index contributed by atoms with van der Waals surface area (Å²) in [7, 11) is -3.98. The number of aromatic nitrogens is 2. The molecule has 7 nitrogen and oxygen atoms in total. The summed E-state index contributed by atoms with van der Waals surface area (Å²) in [6, 6.07) is 7.61. The molecule has 0 aliphatic rings. The normalized spacial score (nSPS) is 11.2. The maximum absolute atomic E-state index is 12.9. The highest BCUT2D eigenvalue weighted by Crippen LogP contribution is 2.33. The Labute approximate surface area is 184 Å². The lowest BCUT2D eigenvalue weighted by molar-refractivity contribution is -0.114. The molecule has 0 aliphatic carbocycles. The number of rotatable bonds is 5. The van der Waals surface area contributed by atoms with Crippen molar-refractivity contribution >= 4 is 50.6 Å². The summed E-state index contributed by atoms with van der Waals surface area (Å²) >= 11 is 12.0. The topological polar surface area (TPSA) is 101 Å². The van der Waals surface area contributed by atoms with Gasteiger partial charge in [-0.1, -0.05) is 23.2 Å². The van der Waals surface area contributed by atoms with E-state index in [0.717, 1.165) is 5.56 Å². The van der Waals surface area contributed by atoms with E-state index in [1.807, 2.05) is 0 Å². The maximum Gasteiger partial charge on any atom is 0.263 e. The van der Waals surface area contributed by atoms with Gasteiger partial charge < -0.3 is 5.32 Å². The summed E-state index contributed by atoms with van der Waals surface area (Å²) in [6.45, 7) is 4.87. The fraction of sp³-hybridized carbons (Fsp3) is 0.150. The minimum absolute atomic E-state index is 0.0171.